The van der Waals surface area contributed by atoms with Crippen LogP contribution >= 0.6 is 0 Å². The lowest BCUT2D eigenvalue weighted by molar-refractivity contribution is 0.0474. The van der Waals surface area contributed by atoms with Crippen molar-refractivity contribution in [3.63, 3.8) is 0 Å². The molecule has 1 amide bonds. The number of nitrogens with one attached hydrogen (secondary N) is 1. The average Bonchev–Trinajstić information content (AvgIpc) is 2.83. The van der Waals surface area contributed by atoms with Crippen LogP contribution in [-0.4, -0.2) is 38.5 Å². The minimum absolute atomic E-state index is 0.261. The van der Waals surface area contributed by atoms with Gasteiger partial charge in [0, 0.05) is 16.8 Å². The van der Waals surface area contributed by atoms with Gasteiger partial charge in [-0.2, -0.15) is 0 Å². The summed E-state index contributed by atoms with van der Waals surface area (Å²) in [4.78, 5) is 37.3. The van der Waals surface area contributed by atoms with E-state index in [9.17, 15) is 14.4 Å². The van der Waals surface area contributed by atoms with Crippen molar-refractivity contribution in [1.82, 2.24) is 0 Å². The minimum Gasteiger partial charge on any atom is -0.493 e. The number of anilines is 1. The second-order valence-corrected chi connectivity index (χ2v) is 7.42. The molecule has 3 aromatic rings. The lowest BCUT2D eigenvalue weighted by Gasteiger charge is -2.10. The van der Waals surface area contributed by atoms with Crippen LogP contribution in [0.3, 0.4) is 0 Å². The number of benzene rings is 3. The van der Waals surface area contributed by atoms with E-state index in [2.05, 4.69) is 5.32 Å². The van der Waals surface area contributed by atoms with Crippen molar-refractivity contribution in [2.45, 2.75) is 13.8 Å². The molecule has 3 aromatic carbocycles. The van der Waals surface area contributed by atoms with Gasteiger partial charge in [-0.1, -0.05) is 17.7 Å². The predicted molar refractivity (Wildman–Crippen MR) is 124 cm³/mol. The molecule has 1 N–H and O–H groups in total. The first-order valence-electron chi connectivity index (χ1n) is 10.2. The molecule has 33 heavy (non-hydrogen) atoms. The Balaban J connectivity index is 1.60. The Labute approximate surface area is 192 Å². The second kappa shape index (κ2) is 10.5. The fraction of sp³-hybridized carbons (Fsp3) is 0.192. The van der Waals surface area contributed by atoms with Gasteiger partial charge in [-0.15, -0.1) is 0 Å². The zero-order valence-electron chi connectivity index (χ0n) is 18.9. The number of carbonyl (C=O) groups is 3. The van der Waals surface area contributed by atoms with Gasteiger partial charge in [-0.05, 0) is 67.9 Å². The predicted octanol–water partition coefficient (Wildman–Crippen LogP) is 4.61. The zero-order chi connectivity index (χ0) is 24.0. The maximum Gasteiger partial charge on any atom is 0.338 e. The Morgan fingerprint density at radius 2 is 1.45 bits per heavy atom. The molecule has 0 fully saturated rings. The van der Waals surface area contributed by atoms with Crippen molar-refractivity contribution in [3.8, 4) is 11.5 Å². The van der Waals surface area contributed by atoms with Crippen LogP contribution in [0.4, 0.5) is 5.69 Å². The Bertz CT molecular complexity index is 1180. The van der Waals surface area contributed by atoms with Crippen LogP contribution in [0.15, 0.2) is 60.7 Å². The van der Waals surface area contributed by atoms with E-state index in [1.807, 2.05) is 26.0 Å². The summed E-state index contributed by atoms with van der Waals surface area (Å²) in [6, 6.07) is 16.6. The Morgan fingerprint density at radius 3 is 2.12 bits per heavy atom. The first-order valence-corrected chi connectivity index (χ1v) is 10.2. The number of hydrogen-bond donors (Lipinski definition) is 1. The molecule has 0 radical (unpaired) electrons. The zero-order valence-corrected chi connectivity index (χ0v) is 18.9. The highest BCUT2D eigenvalue weighted by molar-refractivity contribution is 6.05. The van der Waals surface area contributed by atoms with Gasteiger partial charge in [0.25, 0.3) is 5.91 Å². The number of hydrogen-bond acceptors (Lipinski definition) is 6. The van der Waals surface area contributed by atoms with Gasteiger partial charge in [-0.3, -0.25) is 9.59 Å². The third kappa shape index (κ3) is 5.77. The van der Waals surface area contributed by atoms with Gasteiger partial charge < -0.3 is 19.5 Å². The molecule has 170 valence electrons. The summed E-state index contributed by atoms with van der Waals surface area (Å²) in [6.45, 7) is 3.39. The summed E-state index contributed by atoms with van der Waals surface area (Å²) in [7, 11) is 3.01. The van der Waals surface area contributed by atoms with Crippen molar-refractivity contribution in [2.75, 3.05) is 26.1 Å². The van der Waals surface area contributed by atoms with E-state index in [-0.39, 0.29) is 23.9 Å². The summed E-state index contributed by atoms with van der Waals surface area (Å²) < 4.78 is 15.6. The van der Waals surface area contributed by atoms with E-state index in [1.54, 1.807) is 36.4 Å². The largest absolute Gasteiger partial charge is 0.493 e. The Morgan fingerprint density at radius 1 is 0.788 bits per heavy atom. The number of carbonyl (C=O) groups excluding carboxylic acids is 3. The third-order valence-electron chi connectivity index (χ3n) is 5.05. The van der Waals surface area contributed by atoms with Gasteiger partial charge in [0.1, 0.15) is 0 Å². The van der Waals surface area contributed by atoms with Gasteiger partial charge in [0.15, 0.2) is 18.1 Å². The first-order chi connectivity index (χ1) is 15.8. The molecule has 0 saturated carbocycles. The van der Waals surface area contributed by atoms with Gasteiger partial charge in [0.05, 0.1) is 19.8 Å². The quantitative estimate of drug-likeness (QED) is 0.401. The van der Waals surface area contributed by atoms with Crippen LogP contribution in [0.5, 0.6) is 11.5 Å². The fourth-order valence-corrected chi connectivity index (χ4v) is 3.20. The molecule has 0 atom stereocenters. The van der Waals surface area contributed by atoms with Crippen LogP contribution in [0.1, 0.15) is 42.2 Å². The molecule has 0 aliphatic carbocycles. The van der Waals surface area contributed by atoms with Crippen LogP contribution < -0.4 is 14.8 Å². The normalized spacial score (nSPS) is 10.3. The van der Waals surface area contributed by atoms with Crippen LogP contribution in [-0.2, 0) is 4.74 Å². The molecule has 7 heteroatoms. The van der Waals surface area contributed by atoms with Gasteiger partial charge in [0.2, 0.25) is 5.78 Å². The highest BCUT2D eigenvalue weighted by atomic mass is 16.5. The van der Waals surface area contributed by atoms with Crippen molar-refractivity contribution < 1.29 is 28.6 Å². The Kier molecular flexibility index (Phi) is 7.46. The standard InChI is InChI=1S/C26H25NO6/c1-16-5-6-17(2)21(13-16)22(28)15-33-26(30)18-7-10-20(11-8-18)27-25(29)19-9-12-23(31-3)24(14-19)32-4/h5-14H,15H2,1-4H3,(H,27,29). The second-order valence-electron chi connectivity index (χ2n) is 7.42. The maximum atomic E-state index is 12.5. The Hall–Kier alpha value is -4.13. The van der Waals surface area contributed by atoms with Crippen molar-refractivity contribution in [3.05, 3.63) is 88.5 Å². The number of ketones is 1. The molecule has 0 aliphatic rings. The SMILES string of the molecule is COc1ccc(C(=O)Nc2ccc(C(=O)OCC(=O)c3cc(C)ccc3C)cc2)cc1OC. The van der Waals surface area contributed by atoms with Crippen LogP contribution in [0, 0.1) is 13.8 Å². The highest BCUT2D eigenvalue weighted by Gasteiger charge is 2.15. The highest BCUT2D eigenvalue weighted by Crippen LogP contribution is 2.28. The van der Waals surface area contributed by atoms with Crippen LogP contribution in [0.25, 0.3) is 0 Å². The summed E-state index contributed by atoms with van der Waals surface area (Å²) in [5.74, 6) is -0.258. The molecular formula is C26H25NO6. The lowest BCUT2D eigenvalue weighted by Crippen LogP contribution is -2.15. The van der Waals surface area contributed by atoms with E-state index >= 15 is 0 Å². The lowest BCUT2D eigenvalue weighted by atomic mass is 10.0. The first kappa shape index (κ1) is 23.5. The topological polar surface area (TPSA) is 90.9 Å². The average molecular weight is 447 g/mol. The number of methoxy groups -OCH3 is 2. The number of aryl methyl sites for hydroxylation is 2. The summed E-state index contributed by atoms with van der Waals surface area (Å²) in [5.41, 5.74) is 3.49. The molecule has 0 unspecified atom stereocenters. The van der Waals surface area contributed by atoms with E-state index in [0.717, 1.165) is 11.1 Å². The van der Waals surface area contributed by atoms with Gasteiger partial charge >= 0.3 is 5.97 Å². The maximum absolute atomic E-state index is 12.5. The number of Topliss-reactive ketones (excluding diaryl/α,β-unsaturated/α-hetero) is 1. The minimum atomic E-state index is -0.619. The monoisotopic (exact) mass is 447 g/mol. The molecule has 0 saturated heterocycles. The molecule has 0 aliphatic heterocycles. The van der Waals surface area contributed by atoms with Crippen LogP contribution in [0.2, 0.25) is 0 Å². The molecular weight excluding hydrogens is 422 g/mol. The van der Waals surface area contributed by atoms with Crippen molar-refractivity contribution >= 4 is 23.3 Å². The number of esters is 1. The third-order valence-corrected chi connectivity index (χ3v) is 5.05. The molecule has 7 nitrogen and oxygen atoms in total. The van der Waals surface area contributed by atoms with E-state index in [4.69, 9.17) is 14.2 Å². The number of amides is 1. The summed E-state index contributed by atoms with van der Waals surface area (Å²) >= 11 is 0. The number of ether oxygens (including phenoxy) is 3. The van der Waals surface area contributed by atoms with Gasteiger partial charge in [-0.25, -0.2) is 4.79 Å². The smallest absolute Gasteiger partial charge is 0.338 e. The van der Waals surface area contributed by atoms with Crippen molar-refractivity contribution in [1.29, 1.82) is 0 Å². The molecule has 3 rings (SSSR count). The molecule has 0 spiro atoms. The summed E-state index contributed by atoms with van der Waals surface area (Å²) in [6.07, 6.45) is 0. The molecule has 0 heterocycles. The van der Waals surface area contributed by atoms with Crippen molar-refractivity contribution in [2.24, 2.45) is 0 Å². The molecule has 0 aromatic heterocycles. The van der Waals surface area contributed by atoms with E-state index < -0.39 is 5.97 Å². The van der Waals surface area contributed by atoms with E-state index in [1.165, 1.54) is 26.4 Å². The van der Waals surface area contributed by atoms with E-state index in [0.29, 0.717) is 28.3 Å². The molecule has 0 bridgehead atoms. The number of rotatable bonds is 8. The fourth-order valence-electron chi connectivity index (χ4n) is 3.20. The summed E-state index contributed by atoms with van der Waals surface area (Å²) in [5, 5.41) is 2.75.